The average Bonchev–Trinajstić information content (AvgIpc) is 2.14. The van der Waals surface area contributed by atoms with Gasteiger partial charge < -0.3 is 4.90 Å². The minimum Gasteiger partial charge on any atom is -0.377 e. The highest BCUT2D eigenvalue weighted by Gasteiger charge is 2.12. The zero-order valence-electron chi connectivity index (χ0n) is 9.69. The molecule has 0 aliphatic heterocycles. The third-order valence-corrected chi connectivity index (χ3v) is 3.39. The van der Waals surface area contributed by atoms with Crippen molar-refractivity contribution in [2.24, 2.45) is 0 Å². The van der Waals surface area contributed by atoms with Crippen molar-refractivity contribution >= 4 is 44.2 Å². The minimum absolute atomic E-state index is 0.324. The standard InChI is InChI=1S/C10H13IN2O3S/c1-13(2)9-5-4-7(6-8(9)11)10(14)12-17(3,15)16/h4-6H,1-3H3,(H,12,14). The molecule has 0 atom stereocenters. The van der Waals surface area contributed by atoms with Crippen LogP contribution in [0.2, 0.25) is 0 Å². The molecule has 1 amide bonds. The largest absolute Gasteiger partial charge is 0.377 e. The molecule has 0 saturated carbocycles. The smallest absolute Gasteiger partial charge is 0.264 e. The van der Waals surface area contributed by atoms with Crippen LogP contribution in [0, 0.1) is 3.57 Å². The van der Waals surface area contributed by atoms with Crippen molar-refractivity contribution in [3.8, 4) is 0 Å². The Labute approximate surface area is 114 Å². The van der Waals surface area contributed by atoms with Crippen LogP contribution < -0.4 is 9.62 Å². The minimum atomic E-state index is -3.52. The van der Waals surface area contributed by atoms with E-state index in [9.17, 15) is 13.2 Å². The van der Waals surface area contributed by atoms with Gasteiger partial charge in [0.15, 0.2) is 0 Å². The van der Waals surface area contributed by atoms with E-state index in [2.05, 4.69) is 22.6 Å². The number of carbonyl (C=O) groups is 1. The molecular formula is C10H13IN2O3S. The van der Waals surface area contributed by atoms with Gasteiger partial charge in [0, 0.05) is 28.9 Å². The predicted molar refractivity (Wildman–Crippen MR) is 75.8 cm³/mol. The summed E-state index contributed by atoms with van der Waals surface area (Å²) in [5, 5.41) is 0. The van der Waals surface area contributed by atoms with Crippen molar-refractivity contribution in [2.75, 3.05) is 25.3 Å². The maximum Gasteiger partial charge on any atom is 0.264 e. The summed E-state index contributed by atoms with van der Waals surface area (Å²) in [4.78, 5) is 13.5. The number of carbonyl (C=O) groups excluding carboxylic acids is 1. The SMILES string of the molecule is CN(C)c1ccc(C(=O)NS(C)(=O)=O)cc1I. The summed E-state index contributed by atoms with van der Waals surface area (Å²) in [6.07, 6.45) is 0.948. The van der Waals surface area contributed by atoms with Crippen molar-refractivity contribution in [2.45, 2.75) is 0 Å². The van der Waals surface area contributed by atoms with Gasteiger partial charge in [-0.1, -0.05) is 0 Å². The molecule has 0 unspecified atom stereocenters. The molecule has 0 aromatic heterocycles. The fourth-order valence-electron chi connectivity index (χ4n) is 1.24. The number of sulfonamides is 1. The fraction of sp³-hybridized carbons (Fsp3) is 0.300. The van der Waals surface area contributed by atoms with Gasteiger partial charge in [-0.25, -0.2) is 13.1 Å². The normalized spacial score (nSPS) is 11.1. The summed E-state index contributed by atoms with van der Waals surface area (Å²) in [5.41, 5.74) is 1.30. The van der Waals surface area contributed by atoms with Crippen molar-refractivity contribution in [3.63, 3.8) is 0 Å². The van der Waals surface area contributed by atoms with Gasteiger partial charge in [0.1, 0.15) is 0 Å². The lowest BCUT2D eigenvalue weighted by molar-refractivity contribution is 0.0981. The average molecular weight is 368 g/mol. The molecule has 1 N–H and O–H groups in total. The van der Waals surface area contributed by atoms with Crippen LogP contribution in [0.4, 0.5) is 5.69 Å². The fourth-order valence-corrected chi connectivity index (χ4v) is 2.69. The van der Waals surface area contributed by atoms with E-state index in [1.165, 1.54) is 0 Å². The number of rotatable bonds is 3. The summed E-state index contributed by atoms with van der Waals surface area (Å²) < 4.78 is 24.7. The number of hydrogen-bond acceptors (Lipinski definition) is 4. The second-order valence-electron chi connectivity index (χ2n) is 3.76. The number of halogens is 1. The Kier molecular flexibility index (Phi) is 4.36. The van der Waals surface area contributed by atoms with E-state index in [0.29, 0.717) is 5.56 Å². The van der Waals surface area contributed by atoms with Crippen LogP contribution >= 0.6 is 22.6 Å². The number of nitrogens with zero attached hydrogens (tertiary/aromatic N) is 1. The molecule has 0 aliphatic carbocycles. The molecule has 0 heterocycles. The third kappa shape index (κ3) is 4.15. The molecule has 0 fully saturated rings. The maximum atomic E-state index is 11.6. The number of nitrogens with one attached hydrogen (secondary N) is 1. The van der Waals surface area contributed by atoms with Crippen LogP contribution in [-0.4, -0.2) is 34.7 Å². The predicted octanol–water partition coefficient (Wildman–Crippen LogP) is 1.05. The third-order valence-electron chi connectivity index (χ3n) is 1.97. The summed E-state index contributed by atoms with van der Waals surface area (Å²) in [7, 11) is 0.270. The second-order valence-corrected chi connectivity index (χ2v) is 6.67. The first kappa shape index (κ1) is 14.2. The van der Waals surface area contributed by atoms with Crippen LogP contribution in [0.1, 0.15) is 10.4 Å². The van der Waals surface area contributed by atoms with E-state index in [1.54, 1.807) is 18.2 Å². The Morgan fingerprint density at radius 2 is 1.94 bits per heavy atom. The van der Waals surface area contributed by atoms with E-state index in [0.717, 1.165) is 15.5 Å². The highest BCUT2D eigenvalue weighted by atomic mass is 127. The van der Waals surface area contributed by atoms with Crippen LogP contribution in [0.3, 0.4) is 0 Å². The molecule has 1 aromatic carbocycles. The van der Waals surface area contributed by atoms with Crippen LogP contribution in [0.25, 0.3) is 0 Å². The summed E-state index contributed by atoms with van der Waals surface area (Å²) >= 11 is 2.10. The second kappa shape index (κ2) is 5.21. The van der Waals surface area contributed by atoms with Gasteiger partial charge in [0.05, 0.1) is 6.26 Å². The monoisotopic (exact) mass is 368 g/mol. The highest BCUT2D eigenvalue weighted by Crippen LogP contribution is 2.21. The van der Waals surface area contributed by atoms with Gasteiger partial charge in [-0.3, -0.25) is 4.79 Å². The topological polar surface area (TPSA) is 66.5 Å². The molecule has 0 radical (unpaired) electrons. The molecule has 0 spiro atoms. The van der Waals surface area contributed by atoms with Gasteiger partial charge >= 0.3 is 0 Å². The van der Waals surface area contributed by atoms with Crippen molar-refractivity contribution in [1.29, 1.82) is 0 Å². The quantitative estimate of drug-likeness (QED) is 0.810. The maximum absolute atomic E-state index is 11.6. The molecule has 0 aliphatic rings. The highest BCUT2D eigenvalue weighted by molar-refractivity contribution is 14.1. The Hall–Kier alpha value is -0.830. The molecule has 94 valence electrons. The summed E-state index contributed by atoms with van der Waals surface area (Å²) in [6, 6.07) is 5.02. The Bertz CT molecular complexity index is 540. The van der Waals surface area contributed by atoms with Crippen LogP contribution in [0.5, 0.6) is 0 Å². The summed E-state index contributed by atoms with van der Waals surface area (Å²) in [5.74, 6) is -0.615. The number of benzene rings is 1. The molecule has 1 aromatic rings. The van der Waals surface area contributed by atoms with Gasteiger partial charge in [-0.05, 0) is 40.8 Å². The Morgan fingerprint density at radius 1 is 1.35 bits per heavy atom. The van der Waals surface area contributed by atoms with Gasteiger partial charge in [-0.2, -0.15) is 0 Å². The van der Waals surface area contributed by atoms with Gasteiger partial charge in [-0.15, -0.1) is 0 Å². The lowest BCUT2D eigenvalue weighted by atomic mass is 10.2. The molecule has 7 heteroatoms. The van der Waals surface area contributed by atoms with E-state index >= 15 is 0 Å². The van der Waals surface area contributed by atoms with Gasteiger partial charge in [0.25, 0.3) is 5.91 Å². The van der Waals surface area contributed by atoms with Crippen LogP contribution in [-0.2, 0) is 10.0 Å². The number of hydrogen-bond donors (Lipinski definition) is 1. The van der Waals surface area contributed by atoms with Gasteiger partial charge in [0.2, 0.25) is 10.0 Å². The lowest BCUT2D eigenvalue weighted by Crippen LogP contribution is -2.29. The first-order valence-electron chi connectivity index (χ1n) is 4.69. The van der Waals surface area contributed by atoms with E-state index < -0.39 is 15.9 Å². The Morgan fingerprint density at radius 3 is 2.35 bits per heavy atom. The number of anilines is 1. The molecule has 17 heavy (non-hydrogen) atoms. The first-order chi connectivity index (χ1) is 7.70. The number of amides is 1. The van der Waals surface area contributed by atoms with Crippen LogP contribution in [0.15, 0.2) is 18.2 Å². The Balaban J connectivity index is 3.02. The van der Waals surface area contributed by atoms with Crippen molar-refractivity contribution < 1.29 is 13.2 Å². The molecular weight excluding hydrogens is 355 g/mol. The van der Waals surface area contributed by atoms with E-state index in [1.807, 2.05) is 23.7 Å². The first-order valence-corrected chi connectivity index (χ1v) is 7.67. The molecule has 1 rings (SSSR count). The van der Waals surface area contributed by atoms with Crippen molar-refractivity contribution in [3.05, 3.63) is 27.3 Å². The van der Waals surface area contributed by atoms with E-state index in [4.69, 9.17) is 0 Å². The lowest BCUT2D eigenvalue weighted by Gasteiger charge is -2.15. The molecule has 0 bridgehead atoms. The molecule has 5 nitrogen and oxygen atoms in total. The van der Waals surface area contributed by atoms with E-state index in [-0.39, 0.29) is 0 Å². The zero-order chi connectivity index (χ0) is 13.2. The van der Waals surface area contributed by atoms with Crippen molar-refractivity contribution in [1.82, 2.24) is 4.72 Å². The summed E-state index contributed by atoms with van der Waals surface area (Å²) in [6.45, 7) is 0. The molecule has 0 saturated heterocycles. The zero-order valence-corrected chi connectivity index (χ0v) is 12.7.